The SMILES string of the molecule is CCOC(=O)c1csc(NC(=O)[C@H]2CC(=O)N(Cc3cccc(F)c3)C2)n1. The molecule has 7 nitrogen and oxygen atoms in total. The van der Waals surface area contributed by atoms with Gasteiger partial charge in [-0.1, -0.05) is 12.1 Å². The number of ether oxygens (including phenoxy) is 1. The lowest BCUT2D eigenvalue weighted by atomic mass is 10.1. The number of aromatic nitrogens is 1. The molecule has 0 bridgehead atoms. The van der Waals surface area contributed by atoms with Gasteiger partial charge in [0.15, 0.2) is 10.8 Å². The molecule has 0 aliphatic carbocycles. The number of halogens is 1. The second kappa shape index (κ2) is 8.26. The number of carbonyl (C=O) groups excluding carboxylic acids is 3. The summed E-state index contributed by atoms with van der Waals surface area (Å²) in [7, 11) is 0. The predicted octanol–water partition coefficient (Wildman–Crippen LogP) is 2.45. The summed E-state index contributed by atoms with van der Waals surface area (Å²) >= 11 is 1.11. The lowest BCUT2D eigenvalue weighted by molar-refractivity contribution is -0.128. The molecule has 1 aliphatic heterocycles. The molecule has 3 rings (SSSR count). The van der Waals surface area contributed by atoms with Crippen LogP contribution >= 0.6 is 11.3 Å². The Morgan fingerprint density at radius 3 is 3.00 bits per heavy atom. The van der Waals surface area contributed by atoms with E-state index in [4.69, 9.17) is 4.74 Å². The number of amides is 2. The van der Waals surface area contributed by atoms with Crippen molar-refractivity contribution in [2.75, 3.05) is 18.5 Å². The zero-order valence-corrected chi connectivity index (χ0v) is 15.4. The van der Waals surface area contributed by atoms with E-state index in [1.165, 1.54) is 22.4 Å². The van der Waals surface area contributed by atoms with E-state index in [2.05, 4.69) is 10.3 Å². The van der Waals surface area contributed by atoms with Crippen LogP contribution in [-0.4, -0.2) is 40.8 Å². The van der Waals surface area contributed by atoms with Crippen LogP contribution < -0.4 is 5.32 Å². The molecule has 1 atom stereocenters. The minimum Gasteiger partial charge on any atom is -0.461 e. The molecule has 142 valence electrons. The fourth-order valence-electron chi connectivity index (χ4n) is 2.79. The number of nitrogens with zero attached hydrogens (tertiary/aromatic N) is 2. The Labute approximate surface area is 159 Å². The normalized spacial score (nSPS) is 16.4. The van der Waals surface area contributed by atoms with Crippen LogP contribution in [0.25, 0.3) is 0 Å². The molecule has 0 spiro atoms. The van der Waals surface area contributed by atoms with Crippen molar-refractivity contribution in [2.24, 2.45) is 5.92 Å². The van der Waals surface area contributed by atoms with Crippen LogP contribution in [0.15, 0.2) is 29.6 Å². The van der Waals surface area contributed by atoms with Crippen LogP contribution in [0, 0.1) is 11.7 Å². The van der Waals surface area contributed by atoms with Crippen LogP contribution in [0.4, 0.5) is 9.52 Å². The first kappa shape index (κ1) is 19.0. The molecule has 1 aromatic heterocycles. The van der Waals surface area contributed by atoms with Gasteiger partial charge in [0, 0.05) is 24.9 Å². The standard InChI is InChI=1S/C18H18FN3O4S/c1-2-26-17(25)14-10-27-18(20-14)21-16(24)12-7-15(23)22(9-12)8-11-4-3-5-13(19)6-11/h3-6,10,12H,2,7-9H2,1H3,(H,20,21,24)/t12-/m0/s1. The van der Waals surface area contributed by atoms with Gasteiger partial charge in [-0.2, -0.15) is 0 Å². The molecule has 1 saturated heterocycles. The Kier molecular flexibility index (Phi) is 5.80. The second-order valence-electron chi connectivity index (χ2n) is 6.05. The lowest BCUT2D eigenvalue weighted by Crippen LogP contribution is -2.28. The first-order chi connectivity index (χ1) is 13.0. The van der Waals surface area contributed by atoms with Crippen molar-refractivity contribution in [3.8, 4) is 0 Å². The molecular formula is C18H18FN3O4S. The molecule has 0 unspecified atom stereocenters. The largest absolute Gasteiger partial charge is 0.461 e. The van der Waals surface area contributed by atoms with Crippen LogP contribution in [0.5, 0.6) is 0 Å². The van der Waals surface area contributed by atoms with E-state index in [-0.39, 0.29) is 54.6 Å². The molecular weight excluding hydrogens is 373 g/mol. The number of hydrogen-bond donors (Lipinski definition) is 1. The minimum absolute atomic E-state index is 0.0806. The van der Waals surface area contributed by atoms with E-state index in [1.54, 1.807) is 19.1 Å². The Morgan fingerprint density at radius 1 is 1.44 bits per heavy atom. The van der Waals surface area contributed by atoms with E-state index < -0.39 is 11.9 Å². The van der Waals surface area contributed by atoms with Gasteiger partial charge in [0.1, 0.15) is 5.82 Å². The average Bonchev–Trinajstić information content (AvgIpc) is 3.23. The van der Waals surface area contributed by atoms with Crippen molar-refractivity contribution in [1.82, 2.24) is 9.88 Å². The maximum absolute atomic E-state index is 13.3. The maximum atomic E-state index is 13.3. The summed E-state index contributed by atoms with van der Waals surface area (Å²) in [4.78, 5) is 41.8. The highest BCUT2D eigenvalue weighted by molar-refractivity contribution is 7.14. The topological polar surface area (TPSA) is 88.6 Å². The van der Waals surface area contributed by atoms with Crippen molar-refractivity contribution in [2.45, 2.75) is 19.9 Å². The summed E-state index contributed by atoms with van der Waals surface area (Å²) in [5, 5.41) is 4.42. The molecule has 0 radical (unpaired) electrons. The number of carbonyl (C=O) groups is 3. The van der Waals surface area contributed by atoms with Crippen LogP contribution in [-0.2, 0) is 20.9 Å². The highest BCUT2D eigenvalue weighted by Crippen LogP contribution is 2.23. The number of rotatable bonds is 6. The fourth-order valence-corrected chi connectivity index (χ4v) is 3.48. The van der Waals surface area contributed by atoms with Crippen molar-refractivity contribution < 1.29 is 23.5 Å². The molecule has 1 fully saturated rings. The summed E-state index contributed by atoms with van der Waals surface area (Å²) in [6.07, 6.45) is 0.0806. The van der Waals surface area contributed by atoms with Crippen LogP contribution in [0.2, 0.25) is 0 Å². The Hall–Kier alpha value is -2.81. The summed E-state index contributed by atoms with van der Waals surface area (Å²) in [6, 6.07) is 6.02. The predicted molar refractivity (Wildman–Crippen MR) is 96.6 cm³/mol. The van der Waals surface area contributed by atoms with Gasteiger partial charge in [0.25, 0.3) is 0 Å². The zero-order valence-electron chi connectivity index (χ0n) is 14.6. The number of anilines is 1. The number of thiazole rings is 1. The summed E-state index contributed by atoms with van der Waals surface area (Å²) in [5.74, 6) is -1.94. The lowest BCUT2D eigenvalue weighted by Gasteiger charge is -2.16. The molecule has 2 amide bonds. The molecule has 0 saturated carbocycles. The molecule has 1 aliphatic rings. The molecule has 1 N–H and O–H groups in total. The van der Waals surface area contributed by atoms with Gasteiger partial charge in [0.05, 0.1) is 12.5 Å². The van der Waals surface area contributed by atoms with Gasteiger partial charge in [-0.25, -0.2) is 14.2 Å². The van der Waals surface area contributed by atoms with Gasteiger partial charge >= 0.3 is 5.97 Å². The Balaban J connectivity index is 1.58. The van der Waals surface area contributed by atoms with Gasteiger partial charge in [-0.15, -0.1) is 11.3 Å². The number of nitrogens with one attached hydrogen (secondary N) is 1. The third-order valence-electron chi connectivity index (χ3n) is 4.07. The van der Waals surface area contributed by atoms with Gasteiger partial charge in [0.2, 0.25) is 11.8 Å². The second-order valence-corrected chi connectivity index (χ2v) is 6.91. The fraction of sp³-hybridized carbons (Fsp3) is 0.333. The number of esters is 1. The van der Waals surface area contributed by atoms with Crippen molar-refractivity contribution >= 4 is 34.3 Å². The monoisotopic (exact) mass is 391 g/mol. The van der Waals surface area contributed by atoms with E-state index in [0.717, 1.165) is 11.3 Å². The Bertz CT molecular complexity index is 870. The van der Waals surface area contributed by atoms with E-state index in [9.17, 15) is 18.8 Å². The van der Waals surface area contributed by atoms with E-state index in [0.29, 0.717) is 5.56 Å². The minimum atomic E-state index is -0.549. The molecule has 1 aromatic carbocycles. The summed E-state index contributed by atoms with van der Waals surface area (Å²) < 4.78 is 18.1. The van der Waals surface area contributed by atoms with Crippen molar-refractivity contribution in [3.63, 3.8) is 0 Å². The molecule has 2 heterocycles. The van der Waals surface area contributed by atoms with Crippen molar-refractivity contribution in [3.05, 3.63) is 46.7 Å². The quantitative estimate of drug-likeness (QED) is 0.764. The zero-order chi connectivity index (χ0) is 19.4. The van der Waals surface area contributed by atoms with Gasteiger partial charge in [-0.05, 0) is 24.6 Å². The molecule has 27 heavy (non-hydrogen) atoms. The highest BCUT2D eigenvalue weighted by Gasteiger charge is 2.34. The van der Waals surface area contributed by atoms with E-state index in [1.807, 2.05) is 0 Å². The van der Waals surface area contributed by atoms with Gasteiger partial charge in [-0.3, -0.25) is 9.59 Å². The van der Waals surface area contributed by atoms with Crippen LogP contribution in [0.1, 0.15) is 29.4 Å². The number of benzene rings is 1. The van der Waals surface area contributed by atoms with E-state index >= 15 is 0 Å². The maximum Gasteiger partial charge on any atom is 0.357 e. The van der Waals surface area contributed by atoms with Crippen LogP contribution in [0.3, 0.4) is 0 Å². The number of hydrogen-bond acceptors (Lipinski definition) is 6. The highest BCUT2D eigenvalue weighted by atomic mass is 32.1. The average molecular weight is 391 g/mol. The Morgan fingerprint density at radius 2 is 2.26 bits per heavy atom. The third kappa shape index (κ3) is 4.68. The van der Waals surface area contributed by atoms with Gasteiger partial charge < -0.3 is 15.0 Å². The third-order valence-corrected chi connectivity index (χ3v) is 4.82. The summed E-state index contributed by atoms with van der Waals surface area (Å²) in [5.41, 5.74) is 0.802. The molecule has 9 heteroatoms. The smallest absolute Gasteiger partial charge is 0.357 e. The van der Waals surface area contributed by atoms with Crippen molar-refractivity contribution in [1.29, 1.82) is 0 Å². The first-order valence-electron chi connectivity index (χ1n) is 8.42. The molecule has 2 aromatic rings. The summed E-state index contributed by atoms with van der Waals surface area (Å²) in [6.45, 7) is 2.44. The first-order valence-corrected chi connectivity index (χ1v) is 9.30. The number of likely N-dealkylation sites (tertiary alicyclic amines) is 1.